The summed E-state index contributed by atoms with van der Waals surface area (Å²) in [7, 11) is 0. The number of benzene rings is 1. The molecule has 0 aliphatic carbocycles. The number of anilines is 1. The van der Waals surface area contributed by atoms with Gasteiger partial charge in [-0.1, -0.05) is 23.7 Å². The van der Waals surface area contributed by atoms with Crippen molar-refractivity contribution < 1.29 is 14.6 Å². The van der Waals surface area contributed by atoms with Crippen LogP contribution < -0.4 is 5.32 Å². The Morgan fingerprint density at radius 3 is 2.65 bits per heavy atom. The molecule has 1 aromatic rings. The second kappa shape index (κ2) is 5.38. The third kappa shape index (κ3) is 4.24. The topological polar surface area (TPSA) is 58.6 Å². The normalized spacial score (nSPS) is 11.1. The molecule has 0 atom stereocenters. The van der Waals surface area contributed by atoms with Gasteiger partial charge in [-0.2, -0.15) is 0 Å². The SMILES string of the molecule is CC(C)(C)OC(=O)Nc1cccc(CO)c1Cl. The molecular weight excluding hydrogens is 242 g/mol. The maximum absolute atomic E-state index is 11.5. The minimum Gasteiger partial charge on any atom is -0.444 e. The largest absolute Gasteiger partial charge is 0.444 e. The Bertz CT molecular complexity index is 413. The number of ether oxygens (including phenoxy) is 1. The summed E-state index contributed by atoms with van der Waals surface area (Å²) in [4.78, 5) is 11.5. The zero-order chi connectivity index (χ0) is 13.1. The number of aliphatic hydroxyl groups is 1. The fourth-order valence-electron chi connectivity index (χ4n) is 1.21. The Labute approximate surface area is 106 Å². The van der Waals surface area contributed by atoms with E-state index in [2.05, 4.69) is 5.32 Å². The lowest BCUT2D eigenvalue weighted by atomic mass is 10.2. The summed E-state index contributed by atoms with van der Waals surface area (Å²) in [6, 6.07) is 5.03. The first kappa shape index (κ1) is 13.8. The molecule has 0 heterocycles. The minimum absolute atomic E-state index is 0.178. The Kier molecular flexibility index (Phi) is 4.37. The highest BCUT2D eigenvalue weighted by atomic mass is 35.5. The number of halogens is 1. The van der Waals surface area contributed by atoms with Crippen molar-refractivity contribution in [1.29, 1.82) is 0 Å². The first-order chi connectivity index (χ1) is 7.83. The van der Waals surface area contributed by atoms with E-state index < -0.39 is 11.7 Å². The van der Waals surface area contributed by atoms with Gasteiger partial charge in [-0.25, -0.2) is 4.79 Å². The number of amides is 1. The molecule has 0 aliphatic rings. The van der Waals surface area contributed by atoms with Crippen LogP contribution in [0.25, 0.3) is 0 Å². The summed E-state index contributed by atoms with van der Waals surface area (Å²) in [6.07, 6.45) is -0.575. The number of aliphatic hydroxyl groups excluding tert-OH is 1. The molecule has 17 heavy (non-hydrogen) atoms. The van der Waals surface area contributed by atoms with Crippen molar-refractivity contribution in [2.75, 3.05) is 5.32 Å². The maximum atomic E-state index is 11.5. The van der Waals surface area contributed by atoms with Gasteiger partial charge in [-0.05, 0) is 32.4 Å². The monoisotopic (exact) mass is 257 g/mol. The Balaban J connectivity index is 2.79. The molecule has 1 amide bonds. The van der Waals surface area contributed by atoms with Gasteiger partial charge in [-0.15, -0.1) is 0 Å². The van der Waals surface area contributed by atoms with Gasteiger partial charge < -0.3 is 9.84 Å². The molecule has 94 valence electrons. The van der Waals surface area contributed by atoms with Crippen LogP contribution in [-0.2, 0) is 11.3 Å². The summed E-state index contributed by atoms with van der Waals surface area (Å²) in [5.74, 6) is 0. The number of nitrogens with one attached hydrogen (secondary N) is 1. The summed E-state index contributed by atoms with van der Waals surface area (Å²) in [5, 5.41) is 11.9. The van der Waals surface area contributed by atoms with Crippen molar-refractivity contribution in [2.24, 2.45) is 0 Å². The lowest BCUT2D eigenvalue weighted by Gasteiger charge is -2.20. The van der Waals surface area contributed by atoms with E-state index in [1.807, 2.05) is 0 Å². The van der Waals surface area contributed by atoms with E-state index in [1.165, 1.54) is 0 Å². The van der Waals surface area contributed by atoms with Gasteiger partial charge in [0.2, 0.25) is 0 Å². The predicted molar refractivity (Wildman–Crippen MR) is 67.2 cm³/mol. The summed E-state index contributed by atoms with van der Waals surface area (Å²) in [5.41, 5.74) is 0.415. The number of carbonyl (C=O) groups excluding carboxylic acids is 1. The quantitative estimate of drug-likeness (QED) is 0.856. The Morgan fingerprint density at radius 2 is 2.12 bits per heavy atom. The average Bonchev–Trinajstić information content (AvgIpc) is 2.18. The van der Waals surface area contributed by atoms with Gasteiger partial charge >= 0.3 is 6.09 Å². The van der Waals surface area contributed by atoms with Crippen LogP contribution in [0, 0.1) is 0 Å². The maximum Gasteiger partial charge on any atom is 0.412 e. The van der Waals surface area contributed by atoms with Crippen molar-refractivity contribution in [3.8, 4) is 0 Å². The average molecular weight is 258 g/mol. The third-order valence-electron chi connectivity index (χ3n) is 1.88. The molecule has 0 fully saturated rings. The van der Waals surface area contributed by atoms with Crippen molar-refractivity contribution >= 4 is 23.4 Å². The van der Waals surface area contributed by atoms with Crippen molar-refractivity contribution in [3.63, 3.8) is 0 Å². The molecule has 5 heteroatoms. The van der Waals surface area contributed by atoms with Gasteiger partial charge in [0.15, 0.2) is 0 Å². The molecule has 0 saturated heterocycles. The third-order valence-corrected chi connectivity index (χ3v) is 2.33. The van der Waals surface area contributed by atoms with E-state index in [4.69, 9.17) is 21.4 Å². The number of hydrogen-bond acceptors (Lipinski definition) is 3. The highest BCUT2D eigenvalue weighted by molar-refractivity contribution is 6.34. The van der Waals surface area contributed by atoms with E-state index in [-0.39, 0.29) is 6.61 Å². The Hall–Kier alpha value is -1.26. The first-order valence-electron chi connectivity index (χ1n) is 5.22. The highest BCUT2D eigenvalue weighted by Gasteiger charge is 2.17. The fourth-order valence-corrected chi connectivity index (χ4v) is 1.45. The molecule has 1 rings (SSSR count). The van der Waals surface area contributed by atoms with E-state index in [0.717, 1.165) is 0 Å². The van der Waals surface area contributed by atoms with E-state index >= 15 is 0 Å². The number of hydrogen-bond donors (Lipinski definition) is 2. The molecule has 4 nitrogen and oxygen atoms in total. The van der Waals surface area contributed by atoms with Gasteiger partial charge in [-0.3, -0.25) is 5.32 Å². The zero-order valence-corrected chi connectivity index (χ0v) is 10.8. The lowest BCUT2D eigenvalue weighted by molar-refractivity contribution is 0.0636. The van der Waals surface area contributed by atoms with E-state index in [9.17, 15) is 4.79 Å². The summed E-state index contributed by atoms with van der Waals surface area (Å²) in [6.45, 7) is 5.15. The molecule has 0 radical (unpaired) electrons. The molecule has 0 spiro atoms. The van der Waals surface area contributed by atoms with Gasteiger partial charge in [0.1, 0.15) is 5.60 Å². The molecule has 0 aliphatic heterocycles. The minimum atomic E-state index is -0.575. The fraction of sp³-hybridized carbons (Fsp3) is 0.417. The standard InChI is InChI=1S/C12H16ClNO3/c1-12(2,3)17-11(16)14-9-6-4-5-8(7-15)10(9)13/h4-6,15H,7H2,1-3H3,(H,14,16). The van der Waals surface area contributed by atoms with Crippen LogP contribution >= 0.6 is 11.6 Å². The van der Waals surface area contributed by atoms with E-state index in [0.29, 0.717) is 16.3 Å². The van der Waals surface area contributed by atoms with Crippen LogP contribution in [0.4, 0.5) is 10.5 Å². The van der Waals surface area contributed by atoms with Crippen LogP contribution in [0.3, 0.4) is 0 Å². The summed E-state index contributed by atoms with van der Waals surface area (Å²) < 4.78 is 5.10. The first-order valence-corrected chi connectivity index (χ1v) is 5.59. The number of rotatable bonds is 2. The molecule has 0 aromatic heterocycles. The number of carbonyl (C=O) groups is 1. The smallest absolute Gasteiger partial charge is 0.412 e. The molecule has 2 N–H and O–H groups in total. The van der Waals surface area contributed by atoms with Crippen molar-refractivity contribution in [2.45, 2.75) is 33.0 Å². The van der Waals surface area contributed by atoms with Gasteiger partial charge in [0.25, 0.3) is 0 Å². The van der Waals surface area contributed by atoms with Crippen molar-refractivity contribution in [1.82, 2.24) is 0 Å². The highest BCUT2D eigenvalue weighted by Crippen LogP contribution is 2.26. The van der Waals surface area contributed by atoms with Crippen LogP contribution in [0.2, 0.25) is 5.02 Å². The molecule has 0 unspecified atom stereocenters. The second-order valence-electron chi connectivity index (χ2n) is 4.56. The lowest BCUT2D eigenvalue weighted by Crippen LogP contribution is -2.27. The molecular formula is C12H16ClNO3. The Morgan fingerprint density at radius 1 is 1.47 bits per heavy atom. The summed E-state index contributed by atoms with van der Waals surface area (Å²) >= 11 is 5.99. The van der Waals surface area contributed by atoms with Crippen LogP contribution in [-0.4, -0.2) is 16.8 Å². The zero-order valence-electron chi connectivity index (χ0n) is 10.1. The van der Waals surface area contributed by atoms with Crippen LogP contribution in [0.15, 0.2) is 18.2 Å². The van der Waals surface area contributed by atoms with E-state index in [1.54, 1.807) is 39.0 Å². The molecule has 0 bridgehead atoms. The van der Waals surface area contributed by atoms with Crippen LogP contribution in [0.5, 0.6) is 0 Å². The van der Waals surface area contributed by atoms with Gasteiger partial charge in [0, 0.05) is 0 Å². The predicted octanol–water partition coefficient (Wildman–Crippen LogP) is 3.18. The van der Waals surface area contributed by atoms with Gasteiger partial charge in [0.05, 0.1) is 17.3 Å². The van der Waals surface area contributed by atoms with Crippen LogP contribution in [0.1, 0.15) is 26.3 Å². The molecule has 0 saturated carbocycles. The second-order valence-corrected chi connectivity index (χ2v) is 4.94. The van der Waals surface area contributed by atoms with Crippen molar-refractivity contribution in [3.05, 3.63) is 28.8 Å². The molecule has 1 aromatic carbocycles.